The Morgan fingerprint density at radius 3 is 2.58 bits per heavy atom. The Balaban J connectivity index is 2.12. The van der Waals surface area contributed by atoms with Gasteiger partial charge in [-0.15, -0.1) is 0 Å². The molecule has 4 aromatic rings. The molecule has 0 saturated heterocycles. The van der Waals surface area contributed by atoms with Crippen molar-refractivity contribution in [3.05, 3.63) is 66.9 Å². The largest absolute Gasteiger partial charge is 0.464 e. The standard InChI is InChI=1S/C17H11NO/c1-2-7-15-12(5-1)11-14-13(17-9-4-10-19-17)6-3-8-16(14)18-15/h1-11H. The molecule has 2 nitrogen and oxygen atoms in total. The summed E-state index contributed by atoms with van der Waals surface area (Å²) in [5.41, 5.74) is 3.10. The molecular weight excluding hydrogens is 234 g/mol. The molecule has 0 bridgehead atoms. The molecule has 0 spiro atoms. The lowest BCUT2D eigenvalue weighted by atomic mass is 10.0. The summed E-state index contributed by atoms with van der Waals surface area (Å²) in [5.74, 6) is 0.877. The summed E-state index contributed by atoms with van der Waals surface area (Å²) in [7, 11) is 0. The number of fused-ring (bicyclic) bond motifs is 2. The van der Waals surface area contributed by atoms with Crippen molar-refractivity contribution >= 4 is 21.8 Å². The lowest BCUT2D eigenvalue weighted by Gasteiger charge is -2.05. The zero-order valence-corrected chi connectivity index (χ0v) is 10.2. The van der Waals surface area contributed by atoms with Crippen LogP contribution in [-0.2, 0) is 0 Å². The van der Waals surface area contributed by atoms with Crippen LogP contribution in [0.15, 0.2) is 71.3 Å². The number of rotatable bonds is 1. The summed E-state index contributed by atoms with van der Waals surface area (Å²) in [4.78, 5) is 4.71. The van der Waals surface area contributed by atoms with Crippen LogP contribution in [0.5, 0.6) is 0 Å². The Bertz CT molecular complexity index is 863. The molecule has 0 fully saturated rings. The van der Waals surface area contributed by atoms with Crippen LogP contribution in [0.2, 0.25) is 0 Å². The molecule has 0 aliphatic rings. The number of nitrogens with zero attached hydrogens (tertiary/aromatic N) is 1. The SMILES string of the molecule is c1coc(-c2cccc3nc4ccccc4cc23)c1. The fourth-order valence-electron chi connectivity index (χ4n) is 2.45. The van der Waals surface area contributed by atoms with E-state index in [4.69, 9.17) is 9.40 Å². The van der Waals surface area contributed by atoms with Gasteiger partial charge in [-0.2, -0.15) is 0 Å². The van der Waals surface area contributed by atoms with Crippen molar-refractivity contribution in [2.75, 3.05) is 0 Å². The van der Waals surface area contributed by atoms with E-state index in [1.807, 2.05) is 42.5 Å². The first kappa shape index (κ1) is 10.3. The summed E-state index contributed by atoms with van der Waals surface area (Å²) in [5, 5.41) is 2.27. The van der Waals surface area contributed by atoms with E-state index in [1.165, 1.54) is 0 Å². The van der Waals surface area contributed by atoms with Gasteiger partial charge in [-0.25, -0.2) is 4.98 Å². The Labute approximate surface area is 110 Å². The maximum atomic E-state index is 5.51. The van der Waals surface area contributed by atoms with Gasteiger partial charge in [-0.1, -0.05) is 30.3 Å². The monoisotopic (exact) mass is 245 g/mol. The fourth-order valence-corrected chi connectivity index (χ4v) is 2.45. The second kappa shape index (κ2) is 3.95. The molecule has 90 valence electrons. The van der Waals surface area contributed by atoms with Crippen molar-refractivity contribution in [1.29, 1.82) is 0 Å². The molecule has 0 radical (unpaired) electrons. The molecule has 2 heterocycles. The van der Waals surface area contributed by atoms with Gasteiger partial charge >= 0.3 is 0 Å². The van der Waals surface area contributed by atoms with E-state index in [0.717, 1.165) is 33.1 Å². The smallest absolute Gasteiger partial charge is 0.134 e. The average Bonchev–Trinajstić information content (AvgIpc) is 2.98. The van der Waals surface area contributed by atoms with Crippen molar-refractivity contribution in [3.63, 3.8) is 0 Å². The van der Waals surface area contributed by atoms with Crippen LogP contribution in [0.1, 0.15) is 0 Å². The van der Waals surface area contributed by atoms with Gasteiger partial charge in [-0.3, -0.25) is 0 Å². The van der Waals surface area contributed by atoms with Crippen molar-refractivity contribution < 1.29 is 4.42 Å². The number of pyridine rings is 1. The Kier molecular flexibility index (Phi) is 2.15. The first-order valence-electron chi connectivity index (χ1n) is 6.24. The minimum Gasteiger partial charge on any atom is -0.464 e. The van der Waals surface area contributed by atoms with Gasteiger partial charge in [-0.05, 0) is 30.3 Å². The first-order chi connectivity index (χ1) is 9.42. The van der Waals surface area contributed by atoms with Gasteiger partial charge in [0.2, 0.25) is 0 Å². The summed E-state index contributed by atoms with van der Waals surface area (Å²) in [6.45, 7) is 0. The molecule has 0 saturated carbocycles. The third kappa shape index (κ3) is 1.61. The quantitative estimate of drug-likeness (QED) is 0.456. The number of hydrogen-bond donors (Lipinski definition) is 0. The van der Waals surface area contributed by atoms with Gasteiger partial charge in [0.15, 0.2) is 0 Å². The average molecular weight is 245 g/mol. The van der Waals surface area contributed by atoms with Crippen molar-refractivity contribution in [1.82, 2.24) is 4.98 Å². The molecular formula is C17H11NO. The van der Waals surface area contributed by atoms with Crippen molar-refractivity contribution in [2.45, 2.75) is 0 Å². The minimum absolute atomic E-state index is 0.877. The van der Waals surface area contributed by atoms with E-state index in [1.54, 1.807) is 6.26 Å². The van der Waals surface area contributed by atoms with E-state index >= 15 is 0 Å². The van der Waals surface area contributed by atoms with Crippen LogP contribution < -0.4 is 0 Å². The van der Waals surface area contributed by atoms with Gasteiger partial charge in [0.05, 0.1) is 17.3 Å². The van der Waals surface area contributed by atoms with E-state index in [-0.39, 0.29) is 0 Å². The van der Waals surface area contributed by atoms with Gasteiger partial charge in [0, 0.05) is 16.3 Å². The molecule has 2 aromatic heterocycles. The van der Waals surface area contributed by atoms with Gasteiger partial charge in [0.1, 0.15) is 5.76 Å². The molecule has 4 rings (SSSR count). The number of benzene rings is 2. The molecule has 0 aliphatic heterocycles. The second-order valence-corrected chi connectivity index (χ2v) is 4.53. The van der Waals surface area contributed by atoms with E-state index in [0.29, 0.717) is 0 Å². The second-order valence-electron chi connectivity index (χ2n) is 4.53. The van der Waals surface area contributed by atoms with Crippen LogP contribution in [0, 0.1) is 0 Å². The fraction of sp³-hybridized carbons (Fsp3) is 0. The third-order valence-electron chi connectivity index (χ3n) is 3.35. The van der Waals surface area contributed by atoms with Gasteiger partial charge < -0.3 is 4.42 Å². The lowest BCUT2D eigenvalue weighted by Crippen LogP contribution is -1.84. The summed E-state index contributed by atoms with van der Waals surface area (Å²) < 4.78 is 5.51. The maximum absolute atomic E-state index is 5.51. The Morgan fingerprint density at radius 1 is 0.789 bits per heavy atom. The number of hydrogen-bond acceptors (Lipinski definition) is 2. The predicted octanol–water partition coefficient (Wildman–Crippen LogP) is 4.65. The molecule has 0 unspecified atom stereocenters. The Morgan fingerprint density at radius 2 is 1.68 bits per heavy atom. The maximum Gasteiger partial charge on any atom is 0.134 e. The number of furan rings is 1. The van der Waals surface area contributed by atoms with Crippen molar-refractivity contribution in [2.24, 2.45) is 0 Å². The third-order valence-corrected chi connectivity index (χ3v) is 3.35. The summed E-state index contributed by atoms with van der Waals surface area (Å²) in [6, 6.07) is 20.3. The van der Waals surface area contributed by atoms with Crippen LogP contribution in [0.3, 0.4) is 0 Å². The summed E-state index contributed by atoms with van der Waals surface area (Å²) in [6.07, 6.45) is 1.70. The molecule has 19 heavy (non-hydrogen) atoms. The van der Waals surface area contributed by atoms with Crippen LogP contribution in [-0.4, -0.2) is 4.98 Å². The first-order valence-corrected chi connectivity index (χ1v) is 6.24. The van der Waals surface area contributed by atoms with Crippen molar-refractivity contribution in [3.8, 4) is 11.3 Å². The topological polar surface area (TPSA) is 26.0 Å². The summed E-state index contributed by atoms with van der Waals surface area (Å²) >= 11 is 0. The molecule has 0 N–H and O–H groups in total. The van der Waals surface area contributed by atoms with E-state index < -0.39 is 0 Å². The molecule has 0 atom stereocenters. The van der Waals surface area contributed by atoms with E-state index in [9.17, 15) is 0 Å². The molecule has 0 aliphatic carbocycles. The lowest BCUT2D eigenvalue weighted by molar-refractivity contribution is 0.583. The molecule has 2 aromatic carbocycles. The van der Waals surface area contributed by atoms with Crippen LogP contribution >= 0.6 is 0 Å². The minimum atomic E-state index is 0.877. The zero-order chi connectivity index (χ0) is 12.7. The highest BCUT2D eigenvalue weighted by molar-refractivity contribution is 6.00. The van der Waals surface area contributed by atoms with Crippen LogP contribution in [0.25, 0.3) is 33.1 Å². The number of aromatic nitrogens is 1. The highest BCUT2D eigenvalue weighted by atomic mass is 16.3. The van der Waals surface area contributed by atoms with E-state index in [2.05, 4.69) is 18.2 Å². The molecule has 2 heteroatoms. The normalized spacial score (nSPS) is 11.2. The predicted molar refractivity (Wildman–Crippen MR) is 77.0 cm³/mol. The zero-order valence-electron chi connectivity index (χ0n) is 10.2. The highest BCUT2D eigenvalue weighted by Crippen LogP contribution is 2.30. The molecule has 0 amide bonds. The number of para-hydroxylation sites is 1. The highest BCUT2D eigenvalue weighted by Gasteiger charge is 2.07. The Hall–Kier alpha value is -2.61. The van der Waals surface area contributed by atoms with Gasteiger partial charge in [0.25, 0.3) is 0 Å². The van der Waals surface area contributed by atoms with Crippen LogP contribution in [0.4, 0.5) is 0 Å².